The predicted octanol–water partition coefficient (Wildman–Crippen LogP) is 3.16. The van der Waals surface area contributed by atoms with Crippen molar-refractivity contribution in [2.24, 2.45) is 5.73 Å². The topological polar surface area (TPSA) is 67.5 Å². The van der Waals surface area contributed by atoms with Crippen LogP contribution >= 0.6 is 0 Å². The molecule has 0 aliphatic rings. The Kier molecular flexibility index (Phi) is 9.91. The van der Waals surface area contributed by atoms with Crippen molar-refractivity contribution in [2.75, 3.05) is 45.2 Å². The fraction of sp³-hybridized carbons (Fsp3) is 0.600. The van der Waals surface area contributed by atoms with Gasteiger partial charge in [0.1, 0.15) is 5.52 Å². The number of likely N-dealkylation sites (N-methyl/N-ethyl adjacent to an activating group) is 2. The Bertz CT molecular complexity index is 649. The van der Waals surface area contributed by atoms with E-state index in [9.17, 15) is 0 Å². The van der Waals surface area contributed by atoms with Crippen molar-refractivity contribution in [3.05, 3.63) is 24.4 Å². The maximum absolute atomic E-state index is 5.72. The van der Waals surface area contributed by atoms with Crippen LogP contribution in [0, 0.1) is 0 Å². The van der Waals surface area contributed by atoms with E-state index in [1.165, 1.54) is 0 Å². The molecule has 26 heavy (non-hydrogen) atoms. The number of aromatic nitrogens is 2. The highest BCUT2D eigenvalue weighted by atomic mass is 16.5. The minimum absolute atomic E-state index is 0.447. The summed E-state index contributed by atoms with van der Waals surface area (Å²) in [5.74, 6) is 0.611. The summed E-state index contributed by atoms with van der Waals surface area (Å²) in [6.45, 7) is 11.8. The minimum Gasteiger partial charge on any atom is -0.481 e. The number of methoxy groups -OCH3 is 1. The molecule has 0 radical (unpaired) electrons. The molecule has 0 fully saturated rings. The lowest BCUT2D eigenvalue weighted by molar-refractivity contribution is 0.244. The fourth-order valence-electron chi connectivity index (χ4n) is 2.98. The van der Waals surface area contributed by atoms with E-state index in [4.69, 9.17) is 10.5 Å². The lowest BCUT2D eigenvalue weighted by atomic mass is 10.1. The normalized spacial score (nSPS) is 11.8. The molecule has 2 aromatic rings. The SMILES string of the molecule is CC.CCC(CN(CC)c1ccnc2ccc(OC)nc12)N(C)CCN. The molecule has 0 aromatic carbocycles. The minimum atomic E-state index is 0.447. The average Bonchev–Trinajstić information content (AvgIpc) is 2.70. The first-order valence-electron chi connectivity index (χ1n) is 9.59. The zero-order valence-electron chi connectivity index (χ0n) is 17.2. The van der Waals surface area contributed by atoms with E-state index in [0.717, 1.165) is 42.8 Å². The van der Waals surface area contributed by atoms with Gasteiger partial charge in [-0.1, -0.05) is 20.8 Å². The number of hydrogen-bond acceptors (Lipinski definition) is 6. The third-order valence-electron chi connectivity index (χ3n) is 4.48. The Balaban J connectivity index is 0.00000163. The van der Waals surface area contributed by atoms with Crippen molar-refractivity contribution in [2.45, 2.75) is 40.2 Å². The molecule has 1 atom stereocenters. The molecule has 0 bridgehead atoms. The lowest BCUT2D eigenvalue weighted by Crippen LogP contribution is -2.43. The van der Waals surface area contributed by atoms with Crippen LogP contribution in [0.4, 0.5) is 5.69 Å². The van der Waals surface area contributed by atoms with Gasteiger partial charge in [0.2, 0.25) is 5.88 Å². The van der Waals surface area contributed by atoms with Gasteiger partial charge in [0.05, 0.1) is 18.3 Å². The molecule has 6 nitrogen and oxygen atoms in total. The molecule has 0 saturated carbocycles. The number of fused-ring (bicyclic) bond motifs is 1. The van der Waals surface area contributed by atoms with E-state index >= 15 is 0 Å². The van der Waals surface area contributed by atoms with Crippen LogP contribution < -0.4 is 15.4 Å². The Hall–Kier alpha value is -1.92. The second-order valence-electron chi connectivity index (χ2n) is 5.92. The highest BCUT2D eigenvalue weighted by Crippen LogP contribution is 2.26. The standard InChI is InChI=1S/C18H29N5O.C2H6/c1-5-14(22(3)12-10-19)13-23(6-2)16-9-11-20-15-7-8-17(24-4)21-18(15)16;1-2/h7-9,11,14H,5-6,10,12-13,19H2,1-4H3;1-2H3. The van der Waals surface area contributed by atoms with E-state index in [1.807, 2.05) is 38.2 Å². The highest BCUT2D eigenvalue weighted by Gasteiger charge is 2.18. The summed E-state index contributed by atoms with van der Waals surface area (Å²) >= 11 is 0. The summed E-state index contributed by atoms with van der Waals surface area (Å²) in [4.78, 5) is 13.7. The third-order valence-corrected chi connectivity index (χ3v) is 4.48. The Morgan fingerprint density at radius 2 is 1.92 bits per heavy atom. The smallest absolute Gasteiger partial charge is 0.213 e. The van der Waals surface area contributed by atoms with Crippen LogP contribution in [-0.4, -0.2) is 61.2 Å². The zero-order valence-corrected chi connectivity index (χ0v) is 17.2. The van der Waals surface area contributed by atoms with E-state index < -0.39 is 0 Å². The molecule has 146 valence electrons. The number of hydrogen-bond donors (Lipinski definition) is 1. The van der Waals surface area contributed by atoms with Crippen molar-refractivity contribution in [3.8, 4) is 5.88 Å². The van der Waals surface area contributed by atoms with Gasteiger partial charge in [-0.3, -0.25) is 4.98 Å². The number of nitrogens with two attached hydrogens (primary N) is 1. The third kappa shape index (κ3) is 5.54. The van der Waals surface area contributed by atoms with Gasteiger partial charge in [0.25, 0.3) is 0 Å². The van der Waals surface area contributed by atoms with Crippen molar-refractivity contribution < 1.29 is 4.74 Å². The summed E-state index contributed by atoms with van der Waals surface area (Å²) in [7, 11) is 3.78. The highest BCUT2D eigenvalue weighted by molar-refractivity contribution is 5.88. The molecule has 2 aromatic heterocycles. The molecule has 0 amide bonds. The molecule has 2 N–H and O–H groups in total. The second kappa shape index (κ2) is 11.6. The maximum Gasteiger partial charge on any atom is 0.213 e. The number of rotatable bonds is 9. The summed E-state index contributed by atoms with van der Waals surface area (Å²) < 4.78 is 5.28. The van der Waals surface area contributed by atoms with Gasteiger partial charge in [0.15, 0.2) is 0 Å². The lowest BCUT2D eigenvalue weighted by Gasteiger charge is -2.33. The Morgan fingerprint density at radius 3 is 2.50 bits per heavy atom. The molecule has 2 rings (SSSR count). The van der Waals surface area contributed by atoms with Gasteiger partial charge in [0, 0.05) is 44.5 Å². The largest absolute Gasteiger partial charge is 0.481 e. The van der Waals surface area contributed by atoms with Crippen LogP contribution in [0.15, 0.2) is 24.4 Å². The summed E-state index contributed by atoms with van der Waals surface area (Å²) in [6.07, 6.45) is 2.92. The number of ether oxygens (including phenoxy) is 1. The van der Waals surface area contributed by atoms with Gasteiger partial charge in [-0.2, -0.15) is 0 Å². The van der Waals surface area contributed by atoms with E-state index in [0.29, 0.717) is 18.5 Å². The number of nitrogens with zero attached hydrogens (tertiary/aromatic N) is 4. The second-order valence-corrected chi connectivity index (χ2v) is 5.92. The first-order chi connectivity index (χ1) is 12.6. The Labute approximate surface area is 158 Å². The maximum atomic E-state index is 5.72. The monoisotopic (exact) mass is 361 g/mol. The van der Waals surface area contributed by atoms with Crippen LogP contribution in [-0.2, 0) is 0 Å². The van der Waals surface area contributed by atoms with Gasteiger partial charge >= 0.3 is 0 Å². The molecular weight excluding hydrogens is 326 g/mol. The molecule has 2 heterocycles. The van der Waals surface area contributed by atoms with Crippen molar-refractivity contribution in [1.82, 2.24) is 14.9 Å². The molecule has 0 aliphatic heterocycles. The molecule has 0 spiro atoms. The summed E-state index contributed by atoms with van der Waals surface area (Å²) in [5.41, 5.74) is 8.58. The molecular formula is C20H35N5O. The summed E-state index contributed by atoms with van der Waals surface area (Å²) in [6, 6.07) is 6.28. The summed E-state index contributed by atoms with van der Waals surface area (Å²) in [5, 5.41) is 0. The van der Waals surface area contributed by atoms with Crippen LogP contribution in [0.25, 0.3) is 11.0 Å². The van der Waals surface area contributed by atoms with Gasteiger partial charge in [-0.15, -0.1) is 0 Å². The fourth-order valence-corrected chi connectivity index (χ4v) is 2.98. The van der Waals surface area contributed by atoms with Gasteiger partial charge in [-0.25, -0.2) is 4.98 Å². The average molecular weight is 362 g/mol. The molecule has 1 unspecified atom stereocenters. The van der Waals surface area contributed by atoms with Crippen LogP contribution in [0.5, 0.6) is 5.88 Å². The van der Waals surface area contributed by atoms with Crippen LogP contribution in [0.2, 0.25) is 0 Å². The van der Waals surface area contributed by atoms with Crippen LogP contribution in [0.3, 0.4) is 0 Å². The number of pyridine rings is 2. The van der Waals surface area contributed by atoms with Crippen LogP contribution in [0.1, 0.15) is 34.1 Å². The molecule has 0 aliphatic carbocycles. The number of anilines is 1. The Morgan fingerprint density at radius 1 is 1.19 bits per heavy atom. The molecule has 6 heteroatoms. The van der Waals surface area contributed by atoms with E-state index in [-0.39, 0.29) is 0 Å². The van der Waals surface area contributed by atoms with Gasteiger partial charge in [-0.05, 0) is 32.5 Å². The first-order valence-corrected chi connectivity index (χ1v) is 9.59. The van der Waals surface area contributed by atoms with Gasteiger partial charge < -0.3 is 20.3 Å². The zero-order chi connectivity index (χ0) is 19.5. The van der Waals surface area contributed by atoms with E-state index in [2.05, 4.69) is 40.7 Å². The molecule has 0 saturated heterocycles. The quantitative estimate of drug-likeness (QED) is 0.740. The van der Waals surface area contributed by atoms with E-state index in [1.54, 1.807) is 7.11 Å². The predicted molar refractivity (Wildman–Crippen MR) is 111 cm³/mol. The first kappa shape index (κ1) is 22.1. The van der Waals surface area contributed by atoms with Crippen molar-refractivity contribution in [3.63, 3.8) is 0 Å². The van der Waals surface area contributed by atoms with Crippen molar-refractivity contribution >= 4 is 16.7 Å². The van der Waals surface area contributed by atoms with Crippen molar-refractivity contribution in [1.29, 1.82) is 0 Å².